The van der Waals surface area contributed by atoms with Crippen LogP contribution < -0.4 is 11.1 Å². The van der Waals surface area contributed by atoms with Crippen molar-refractivity contribution in [3.8, 4) is 0 Å². The van der Waals surface area contributed by atoms with Crippen molar-refractivity contribution in [2.24, 2.45) is 0 Å². The van der Waals surface area contributed by atoms with E-state index >= 15 is 0 Å². The fourth-order valence-electron chi connectivity index (χ4n) is 1.53. The average Bonchev–Trinajstić information content (AvgIpc) is 2.30. The molecule has 0 heterocycles. The van der Waals surface area contributed by atoms with Gasteiger partial charge in [-0.15, -0.1) is 0 Å². The van der Waals surface area contributed by atoms with Crippen LogP contribution in [-0.4, -0.2) is 0 Å². The topological polar surface area (TPSA) is 38.0 Å². The van der Waals surface area contributed by atoms with Crippen molar-refractivity contribution in [2.75, 3.05) is 11.1 Å². The van der Waals surface area contributed by atoms with E-state index in [4.69, 9.17) is 5.73 Å². The smallest absolute Gasteiger partial charge is 0.125 e. The van der Waals surface area contributed by atoms with E-state index in [0.717, 1.165) is 15.7 Å². The van der Waals surface area contributed by atoms with Gasteiger partial charge in [-0.05, 0) is 52.7 Å². The van der Waals surface area contributed by atoms with Crippen LogP contribution >= 0.6 is 15.9 Å². The molecule has 0 saturated carbocycles. The quantitative estimate of drug-likeness (QED) is 0.814. The summed E-state index contributed by atoms with van der Waals surface area (Å²) in [5, 5.41) is 3.11. The molecule has 0 aromatic heterocycles. The second-order valence-electron chi connectivity index (χ2n) is 3.79. The SMILES string of the molecule is Cc1cccc(Nc2cc(F)ccc2N)c1Br. The summed E-state index contributed by atoms with van der Waals surface area (Å²) < 4.78 is 14.1. The number of rotatable bonds is 2. The van der Waals surface area contributed by atoms with Crippen LogP contribution in [0, 0.1) is 12.7 Å². The summed E-state index contributed by atoms with van der Waals surface area (Å²) in [4.78, 5) is 0. The minimum atomic E-state index is -0.314. The molecule has 2 aromatic carbocycles. The molecular formula is C13H12BrFN2. The third-order valence-electron chi connectivity index (χ3n) is 2.48. The normalized spacial score (nSPS) is 10.3. The van der Waals surface area contributed by atoms with E-state index in [1.807, 2.05) is 25.1 Å². The zero-order valence-corrected chi connectivity index (χ0v) is 10.9. The predicted molar refractivity (Wildman–Crippen MR) is 73.0 cm³/mol. The standard InChI is InChI=1S/C13H12BrFN2/c1-8-3-2-4-11(13(8)14)17-12-7-9(15)5-6-10(12)16/h2-7,17H,16H2,1H3. The van der Waals surface area contributed by atoms with Crippen LogP contribution in [0.5, 0.6) is 0 Å². The summed E-state index contributed by atoms with van der Waals surface area (Å²) in [6.45, 7) is 1.99. The van der Waals surface area contributed by atoms with Crippen molar-refractivity contribution in [3.63, 3.8) is 0 Å². The van der Waals surface area contributed by atoms with Gasteiger partial charge >= 0.3 is 0 Å². The van der Waals surface area contributed by atoms with Gasteiger partial charge < -0.3 is 11.1 Å². The Labute approximate surface area is 108 Å². The highest BCUT2D eigenvalue weighted by Crippen LogP contribution is 2.31. The van der Waals surface area contributed by atoms with Gasteiger partial charge in [0, 0.05) is 4.47 Å². The van der Waals surface area contributed by atoms with Crippen LogP contribution in [0.25, 0.3) is 0 Å². The Bertz CT molecular complexity index is 555. The second-order valence-corrected chi connectivity index (χ2v) is 4.59. The van der Waals surface area contributed by atoms with E-state index in [9.17, 15) is 4.39 Å². The summed E-state index contributed by atoms with van der Waals surface area (Å²) in [6.07, 6.45) is 0. The van der Waals surface area contributed by atoms with E-state index in [2.05, 4.69) is 21.2 Å². The van der Waals surface area contributed by atoms with Crippen LogP contribution in [0.3, 0.4) is 0 Å². The Morgan fingerprint density at radius 2 is 1.94 bits per heavy atom. The fourth-order valence-corrected chi connectivity index (χ4v) is 1.89. The van der Waals surface area contributed by atoms with Gasteiger partial charge in [-0.25, -0.2) is 4.39 Å². The van der Waals surface area contributed by atoms with Gasteiger partial charge in [-0.2, -0.15) is 0 Å². The molecule has 2 aromatic rings. The lowest BCUT2D eigenvalue weighted by Crippen LogP contribution is -1.98. The van der Waals surface area contributed by atoms with Crippen molar-refractivity contribution in [2.45, 2.75) is 6.92 Å². The van der Waals surface area contributed by atoms with E-state index in [1.165, 1.54) is 12.1 Å². The molecule has 0 fully saturated rings. The molecule has 0 saturated heterocycles. The van der Waals surface area contributed by atoms with Gasteiger partial charge in [0.25, 0.3) is 0 Å². The van der Waals surface area contributed by atoms with Crippen molar-refractivity contribution in [1.82, 2.24) is 0 Å². The molecule has 0 radical (unpaired) electrons. The monoisotopic (exact) mass is 294 g/mol. The largest absolute Gasteiger partial charge is 0.397 e. The van der Waals surface area contributed by atoms with Crippen LogP contribution in [0.4, 0.5) is 21.5 Å². The molecular weight excluding hydrogens is 283 g/mol. The summed E-state index contributed by atoms with van der Waals surface area (Å²) in [5.74, 6) is -0.314. The maximum Gasteiger partial charge on any atom is 0.125 e. The van der Waals surface area contributed by atoms with Gasteiger partial charge in [-0.1, -0.05) is 12.1 Å². The van der Waals surface area contributed by atoms with E-state index < -0.39 is 0 Å². The minimum Gasteiger partial charge on any atom is -0.397 e. The lowest BCUT2D eigenvalue weighted by atomic mass is 10.2. The summed E-state index contributed by atoms with van der Waals surface area (Å²) in [6, 6.07) is 10.1. The Balaban J connectivity index is 2.38. The highest BCUT2D eigenvalue weighted by Gasteiger charge is 2.05. The average molecular weight is 295 g/mol. The zero-order chi connectivity index (χ0) is 12.4. The summed E-state index contributed by atoms with van der Waals surface area (Å²) in [5.41, 5.74) is 8.83. The third-order valence-corrected chi connectivity index (χ3v) is 3.53. The first-order valence-electron chi connectivity index (χ1n) is 5.15. The molecule has 0 aliphatic rings. The molecule has 4 heteroatoms. The molecule has 0 spiro atoms. The molecule has 17 heavy (non-hydrogen) atoms. The molecule has 0 unspecified atom stereocenters. The summed E-state index contributed by atoms with van der Waals surface area (Å²) >= 11 is 3.48. The number of halogens is 2. The van der Waals surface area contributed by atoms with Crippen LogP contribution in [0.15, 0.2) is 40.9 Å². The zero-order valence-electron chi connectivity index (χ0n) is 9.30. The number of hydrogen-bond acceptors (Lipinski definition) is 2. The molecule has 0 amide bonds. The number of nitrogens with two attached hydrogens (primary N) is 1. The number of hydrogen-bond donors (Lipinski definition) is 2. The lowest BCUT2D eigenvalue weighted by molar-refractivity contribution is 0.628. The lowest BCUT2D eigenvalue weighted by Gasteiger charge is -2.12. The molecule has 2 nitrogen and oxygen atoms in total. The molecule has 0 bridgehead atoms. The van der Waals surface area contributed by atoms with E-state index in [1.54, 1.807) is 6.07 Å². The van der Waals surface area contributed by atoms with E-state index in [-0.39, 0.29) is 5.82 Å². The molecule has 0 aliphatic carbocycles. The number of anilines is 3. The fraction of sp³-hybridized carbons (Fsp3) is 0.0769. The number of aryl methyl sites for hydroxylation is 1. The second kappa shape index (κ2) is 4.75. The number of benzene rings is 2. The van der Waals surface area contributed by atoms with Crippen molar-refractivity contribution >= 4 is 33.0 Å². The molecule has 0 aliphatic heterocycles. The highest BCUT2D eigenvalue weighted by atomic mass is 79.9. The minimum absolute atomic E-state index is 0.314. The van der Waals surface area contributed by atoms with Crippen LogP contribution in [0.2, 0.25) is 0 Å². The number of nitrogen functional groups attached to an aromatic ring is 1. The number of nitrogens with one attached hydrogen (secondary N) is 1. The highest BCUT2D eigenvalue weighted by molar-refractivity contribution is 9.10. The van der Waals surface area contributed by atoms with Crippen LogP contribution in [-0.2, 0) is 0 Å². The maximum absolute atomic E-state index is 13.1. The molecule has 2 rings (SSSR count). The van der Waals surface area contributed by atoms with Gasteiger partial charge in [0.05, 0.1) is 17.1 Å². The maximum atomic E-state index is 13.1. The molecule has 88 valence electrons. The van der Waals surface area contributed by atoms with E-state index in [0.29, 0.717) is 11.4 Å². The first-order valence-corrected chi connectivity index (χ1v) is 5.94. The Morgan fingerprint density at radius 3 is 2.71 bits per heavy atom. The van der Waals surface area contributed by atoms with Crippen molar-refractivity contribution < 1.29 is 4.39 Å². The molecule has 0 atom stereocenters. The Morgan fingerprint density at radius 1 is 1.18 bits per heavy atom. The van der Waals surface area contributed by atoms with Gasteiger partial charge in [0.2, 0.25) is 0 Å². The van der Waals surface area contributed by atoms with Crippen LogP contribution in [0.1, 0.15) is 5.56 Å². The Hall–Kier alpha value is -1.55. The predicted octanol–water partition coefficient (Wildman–Crippen LogP) is 4.22. The molecule has 3 N–H and O–H groups in total. The van der Waals surface area contributed by atoms with Crippen molar-refractivity contribution in [3.05, 3.63) is 52.3 Å². The van der Waals surface area contributed by atoms with Gasteiger partial charge in [-0.3, -0.25) is 0 Å². The first kappa shape index (κ1) is 11.9. The van der Waals surface area contributed by atoms with Gasteiger partial charge in [0.15, 0.2) is 0 Å². The van der Waals surface area contributed by atoms with Gasteiger partial charge in [0.1, 0.15) is 5.82 Å². The summed E-state index contributed by atoms with van der Waals surface area (Å²) in [7, 11) is 0. The Kier molecular flexibility index (Phi) is 3.33. The van der Waals surface area contributed by atoms with Crippen molar-refractivity contribution in [1.29, 1.82) is 0 Å². The first-order chi connectivity index (χ1) is 8.08. The third kappa shape index (κ3) is 2.58.